The van der Waals surface area contributed by atoms with Crippen molar-refractivity contribution < 1.29 is 19.0 Å². The van der Waals surface area contributed by atoms with Gasteiger partial charge in [-0.2, -0.15) is 0 Å². The Morgan fingerprint density at radius 1 is 1.37 bits per heavy atom. The highest BCUT2D eigenvalue weighted by molar-refractivity contribution is 6.32. The zero-order valence-electron chi connectivity index (χ0n) is 10.9. The van der Waals surface area contributed by atoms with Crippen molar-refractivity contribution in [3.63, 3.8) is 0 Å². The number of anilines is 1. The van der Waals surface area contributed by atoms with E-state index in [-0.39, 0.29) is 5.91 Å². The average Bonchev–Trinajstić information content (AvgIpc) is 2.94. The molecule has 1 aromatic rings. The Kier molecular flexibility index (Phi) is 4.50. The SMILES string of the molecule is COc1cc(NC(=O)[C@H]2CCCO2)c(OC)cc1Cl. The number of rotatable bonds is 4. The van der Waals surface area contributed by atoms with Crippen molar-refractivity contribution >= 4 is 23.2 Å². The van der Waals surface area contributed by atoms with Gasteiger partial charge < -0.3 is 19.5 Å². The molecule has 0 unspecified atom stereocenters. The molecule has 1 N–H and O–H groups in total. The highest BCUT2D eigenvalue weighted by Gasteiger charge is 2.24. The molecule has 0 bridgehead atoms. The largest absolute Gasteiger partial charge is 0.495 e. The van der Waals surface area contributed by atoms with Gasteiger partial charge in [-0.3, -0.25) is 4.79 Å². The van der Waals surface area contributed by atoms with E-state index in [0.717, 1.165) is 12.8 Å². The number of ether oxygens (including phenoxy) is 3. The van der Waals surface area contributed by atoms with Gasteiger partial charge in [-0.05, 0) is 12.8 Å². The summed E-state index contributed by atoms with van der Waals surface area (Å²) in [5.41, 5.74) is 0.518. The van der Waals surface area contributed by atoms with Crippen LogP contribution in [0.4, 0.5) is 5.69 Å². The Balaban J connectivity index is 2.20. The summed E-state index contributed by atoms with van der Waals surface area (Å²) in [7, 11) is 3.03. The van der Waals surface area contributed by atoms with Crippen LogP contribution in [0.1, 0.15) is 12.8 Å². The average molecular weight is 286 g/mol. The summed E-state index contributed by atoms with van der Waals surface area (Å²) in [6.07, 6.45) is 1.24. The van der Waals surface area contributed by atoms with E-state index in [9.17, 15) is 4.79 Å². The quantitative estimate of drug-likeness (QED) is 0.923. The van der Waals surface area contributed by atoms with Crippen LogP contribution in [0.25, 0.3) is 0 Å². The molecule has 0 aliphatic carbocycles. The highest BCUT2D eigenvalue weighted by Crippen LogP contribution is 2.36. The van der Waals surface area contributed by atoms with Crippen molar-refractivity contribution in [3.05, 3.63) is 17.2 Å². The number of amides is 1. The Hall–Kier alpha value is -1.46. The van der Waals surface area contributed by atoms with Crippen LogP contribution in [0, 0.1) is 0 Å². The van der Waals surface area contributed by atoms with Gasteiger partial charge in [-0.25, -0.2) is 0 Å². The third kappa shape index (κ3) is 3.11. The lowest BCUT2D eigenvalue weighted by atomic mass is 10.2. The first-order valence-electron chi connectivity index (χ1n) is 5.99. The van der Waals surface area contributed by atoms with Crippen molar-refractivity contribution in [3.8, 4) is 11.5 Å². The van der Waals surface area contributed by atoms with E-state index in [0.29, 0.717) is 28.8 Å². The molecule has 1 saturated heterocycles. The lowest BCUT2D eigenvalue weighted by Crippen LogP contribution is -2.27. The predicted octanol–water partition coefficient (Wildman–Crippen LogP) is 2.47. The Morgan fingerprint density at radius 3 is 2.68 bits per heavy atom. The number of methoxy groups -OCH3 is 2. The number of benzene rings is 1. The number of carbonyl (C=O) groups excluding carboxylic acids is 1. The maximum absolute atomic E-state index is 12.0. The van der Waals surface area contributed by atoms with Crippen LogP contribution in [-0.4, -0.2) is 32.8 Å². The second kappa shape index (κ2) is 6.12. The second-order valence-electron chi connectivity index (χ2n) is 4.18. The van der Waals surface area contributed by atoms with Crippen molar-refractivity contribution in [2.24, 2.45) is 0 Å². The van der Waals surface area contributed by atoms with E-state index in [4.69, 9.17) is 25.8 Å². The molecular formula is C13H16ClNO4. The molecule has 5 nitrogen and oxygen atoms in total. The fourth-order valence-corrected chi connectivity index (χ4v) is 2.19. The van der Waals surface area contributed by atoms with Gasteiger partial charge in [-0.15, -0.1) is 0 Å². The van der Waals surface area contributed by atoms with Crippen molar-refractivity contribution in [1.82, 2.24) is 0 Å². The van der Waals surface area contributed by atoms with Crippen LogP contribution in [0.15, 0.2) is 12.1 Å². The first-order chi connectivity index (χ1) is 9.15. The van der Waals surface area contributed by atoms with Crippen LogP contribution >= 0.6 is 11.6 Å². The van der Waals surface area contributed by atoms with Gasteiger partial charge in [0.15, 0.2) is 0 Å². The van der Waals surface area contributed by atoms with Gasteiger partial charge in [-0.1, -0.05) is 11.6 Å². The summed E-state index contributed by atoms with van der Waals surface area (Å²) in [4.78, 5) is 12.0. The topological polar surface area (TPSA) is 56.8 Å². The smallest absolute Gasteiger partial charge is 0.253 e. The van der Waals surface area contributed by atoms with Crippen LogP contribution in [0.3, 0.4) is 0 Å². The molecule has 2 rings (SSSR count). The van der Waals surface area contributed by atoms with E-state index in [1.807, 2.05) is 0 Å². The van der Waals surface area contributed by atoms with Crippen LogP contribution < -0.4 is 14.8 Å². The molecule has 0 saturated carbocycles. The molecule has 0 spiro atoms. The molecular weight excluding hydrogens is 270 g/mol. The van der Waals surface area contributed by atoms with E-state index < -0.39 is 6.10 Å². The standard InChI is InChI=1S/C13H16ClNO4/c1-17-11-7-9(12(18-2)6-8(11)14)15-13(16)10-4-3-5-19-10/h6-7,10H,3-5H2,1-2H3,(H,15,16)/t10-/m1/s1. The van der Waals surface area contributed by atoms with Gasteiger partial charge in [0.05, 0.1) is 24.9 Å². The summed E-state index contributed by atoms with van der Waals surface area (Å²) in [6.45, 7) is 0.624. The molecule has 1 heterocycles. The fourth-order valence-electron chi connectivity index (χ4n) is 1.96. The lowest BCUT2D eigenvalue weighted by Gasteiger charge is -2.15. The van der Waals surface area contributed by atoms with Gasteiger partial charge in [0, 0.05) is 18.7 Å². The van der Waals surface area contributed by atoms with Crippen LogP contribution in [0.5, 0.6) is 11.5 Å². The zero-order chi connectivity index (χ0) is 13.8. The number of hydrogen-bond donors (Lipinski definition) is 1. The van der Waals surface area contributed by atoms with Gasteiger partial charge in [0.1, 0.15) is 17.6 Å². The van der Waals surface area contributed by atoms with Crippen molar-refractivity contribution in [1.29, 1.82) is 0 Å². The summed E-state index contributed by atoms with van der Waals surface area (Å²) in [5.74, 6) is 0.780. The third-order valence-electron chi connectivity index (χ3n) is 2.95. The summed E-state index contributed by atoms with van der Waals surface area (Å²) in [6, 6.07) is 3.24. The minimum Gasteiger partial charge on any atom is -0.495 e. The minimum atomic E-state index is -0.397. The molecule has 19 heavy (non-hydrogen) atoms. The van der Waals surface area contributed by atoms with Crippen LogP contribution in [-0.2, 0) is 9.53 Å². The Bertz CT molecular complexity index is 472. The number of hydrogen-bond acceptors (Lipinski definition) is 4. The Labute approximate surface area is 116 Å². The lowest BCUT2D eigenvalue weighted by molar-refractivity contribution is -0.124. The monoisotopic (exact) mass is 285 g/mol. The molecule has 1 amide bonds. The molecule has 1 aromatic carbocycles. The molecule has 6 heteroatoms. The van der Waals surface area contributed by atoms with Gasteiger partial charge in [0.2, 0.25) is 0 Å². The predicted molar refractivity (Wildman–Crippen MR) is 72.2 cm³/mol. The molecule has 0 aromatic heterocycles. The summed E-state index contributed by atoms with van der Waals surface area (Å²) in [5, 5.41) is 3.20. The van der Waals surface area contributed by atoms with E-state index in [1.165, 1.54) is 14.2 Å². The molecule has 1 atom stereocenters. The third-order valence-corrected chi connectivity index (χ3v) is 3.25. The van der Waals surface area contributed by atoms with E-state index >= 15 is 0 Å². The molecule has 1 aliphatic rings. The van der Waals surface area contributed by atoms with Crippen LogP contribution in [0.2, 0.25) is 5.02 Å². The van der Waals surface area contributed by atoms with E-state index in [2.05, 4.69) is 5.32 Å². The molecule has 0 radical (unpaired) electrons. The number of nitrogens with one attached hydrogen (secondary N) is 1. The minimum absolute atomic E-state index is 0.180. The highest BCUT2D eigenvalue weighted by atomic mass is 35.5. The summed E-state index contributed by atoms with van der Waals surface area (Å²) >= 11 is 6.00. The molecule has 1 aliphatic heterocycles. The maximum Gasteiger partial charge on any atom is 0.253 e. The first kappa shape index (κ1) is 14.0. The Morgan fingerprint density at radius 2 is 2.11 bits per heavy atom. The van der Waals surface area contributed by atoms with Crippen molar-refractivity contribution in [2.75, 3.05) is 26.1 Å². The number of carbonyl (C=O) groups is 1. The summed E-state index contributed by atoms with van der Waals surface area (Å²) < 4.78 is 15.6. The first-order valence-corrected chi connectivity index (χ1v) is 6.37. The molecule has 1 fully saturated rings. The van der Waals surface area contributed by atoms with Crippen molar-refractivity contribution in [2.45, 2.75) is 18.9 Å². The van der Waals surface area contributed by atoms with E-state index in [1.54, 1.807) is 12.1 Å². The second-order valence-corrected chi connectivity index (χ2v) is 4.59. The van der Waals surface area contributed by atoms with Gasteiger partial charge in [0.25, 0.3) is 5.91 Å². The van der Waals surface area contributed by atoms with Gasteiger partial charge >= 0.3 is 0 Å². The fraction of sp³-hybridized carbons (Fsp3) is 0.462. The zero-order valence-corrected chi connectivity index (χ0v) is 11.6. The molecule has 104 valence electrons. The normalized spacial score (nSPS) is 18.2. The maximum atomic E-state index is 12.0. The number of halogens is 1.